The fourth-order valence-corrected chi connectivity index (χ4v) is 3.93. The molecule has 138 valence electrons. The molecular weight excluding hydrogens is 332 g/mol. The second kappa shape index (κ2) is 7.74. The standard InChI is InChI=1S/C18H22N2.C2H2O4/c1-2-19-10-16-12-20(13-17(16)11-19)18-8-7-14-5-3-4-6-15(14)9-18;3-1(4)2(5)6/h3-9,16-17H,2,10-13H2,1H3;(H,3,4)(H,5,6). The number of hydrogen-bond acceptors (Lipinski definition) is 4. The molecule has 2 aliphatic rings. The highest BCUT2D eigenvalue weighted by Gasteiger charge is 2.39. The third-order valence-corrected chi connectivity index (χ3v) is 5.29. The molecule has 6 nitrogen and oxygen atoms in total. The Balaban J connectivity index is 0.000000286. The van der Waals surface area contributed by atoms with Crippen molar-refractivity contribution in [3.63, 3.8) is 0 Å². The van der Waals surface area contributed by atoms with Gasteiger partial charge < -0.3 is 20.0 Å². The fourth-order valence-electron chi connectivity index (χ4n) is 3.93. The van der Waals surface area contributed by atoms with E-state index in [-0.39, 0.29) is 0 Å². The van der Waals surface area contributed by atoms with Crippen LogP contribution in [0.15, 0.2) is 42.5 Å². The number of nitrogens with zero attached hydrogens (tertiary/aromatic N) is 2. The lowest BCUT2D eigenvalue weighted by atomic mass is 10.0. The lowest BCUT2D eigenvalue weighted by molar-refractivity contribution is -0.159. The second-order valence-electron chi connectivity index (χ2n) is 6.92. The van der Waals surface area contributed by atoms with E-state index >= 15 is 0 Å². The molecule has 4 rings (SSSR count). The smallest absolute Gasteiger partial charge is 0.414 e. The fraction of sp³-hybridized carbons (Fsp3) is 0.400. The summed E-state index contributed by atoms with van der Waals surface area (Å²) in [6, 6.07) is 15.6. The van der Waals surface area contributed by atoms with Gasteiger partial charge in [-0.25, -0.2) is 9.59 Å². The predicted molar refractivity (Wildman–Crippen MR) is 101 cm³/mol. The molecule has 0 radical (unpaired) electrons. The van der Waals surface area contributed by atoms with Crippen molar-refractivity contribution in [1.82, 2.24) is 4.90 Å². The van der Waals surface area contributed by atoms with Crippen molar-refractivity contribution in [3.05, 3.63) is 42.5 Å². The normalized spacial score (nSPS) is 22.0. The van der Waals surface area contributed by atoms with E-state index in [0.717, 1.165) is 11.8 Å². The number of fused-ring (bicyclic) bond motifs is 2. The summed E-state index contributed by atoms with van der Waals surface area (Å²) >= 11 is 0. The van der Waals surface area contributed by atoms with Gasteiger partial charge in [-0.15, -0.1) is 0 Å². The number of hydrogen-bond donors (Lipinski definition) is 2. The number of benzene rings is 2. The average molecular weight is 356 g/mol. The van der Waals surface area contributed by atoms with E-state index in [2.05, 4.69) is 59.2 Å². The number of carboxylic acid groups (broad SMARTS) is 2. The molecule has 2 N–H and O–H groups in total. The van der Waals surface area contributed by atoms with Gasteiger partial charge in [0.05, 0.1) is 0 Å². The van der Waals surface area contributed by atoms with E-state index in [9.17, 15) is 0 Å². The Morgan fingerprint density at radius 3 is 2.04 bits per heavy atom. The summed E-state index contributed by atoms with van der Waals surface area (Å²) < 4.78 is 0. The summed E-state index contributed by atoms with van der Waals surface area (Å²) in [4.78, 5) is 23.4. The predicted octanol–water partition coefficient (Wildman–Crippen LogP) is 2.38. The summed E-state index contributed by atoms with van der Waals surface area (Å²) in [5.41, 5.74) is 1.40. The van der Waals surface area contributed by atoms with Gasteiger partial charge in [0.15, 0.2) is 0 Å². The topological polar surface area (TPSA) is 81.1 Å². The first-order valence-corrected chi connectivity index (χ1v) is 8.90. The van der Waals surface area contributed by atoms with Crippen molar-refractivity contribution < 1.29 is 19.8 Å². The van der Waals surface area contributed by atoms with E-state index in [1.807, 2.05) is 0 Å². The highest BCUT2D eigenvalue weighted by Crippen LogP contribution is 2.34. The van der Waals surface area contributed by atoms with Crippen LogP contribution >= 0.6 is 0 Å². The summed E-state index contributed by atoms with van der Waals surface area (Å²) in [5.74, 6) is -1.90. The van der Waals surface area contributed by atoms with Crippen molar-refractivity contribution in [2.45, 2.75) is 6.92 Å². The van der Waals surface area contributed by atoms with Crippen LogP contribution in [0.25, 0.3) is 10.8 Å². The number of anilines is 1. The second-order valence-corrected chi connectivity index (χ2v) is 6.92. The Bertz CT molecular complexity index is 781. The van der Waals surface area contributed by atoms with Crippen molar-refractivity contribution in [2.24, 2.45) is 11.8 Å². The third-order valence-electron chi connectivity index (χ3n) is 5.29. The van der Waals surface area contributed by atoms with Crippen molar-refractivity contribution in [3.8, 4) is 0 Å². The van der Waals surface area contributed by atoms with Crippen LogP contribution in [0.1, 0.15) is 6.92 Å². The average Bonchev–Trinajstić information content (AvgIpc) is 3.20. The van der Waals surface area contributed by atoms with Crippen molar-refractivity contribution in [2.75, 3.05) is 37.6 Å². The first kappa shape index (κ1) is 18.2. The zero-order valence-corrected chi connectivity index (χ0v) is 14.8. The minimum absolute atomic E-state index is 0.876. The molecule has 0 aliphatic carbocycles. The minimum atomic E-state index is -1.82. The molecule has 2 fully saturated rings. The molecular formula is C20H24N2O4. The van der Waals surface area contributed by atoms with Gasteiger partial charge in [-0.3, -0.25) is 0 Å². The summed E-state index contributed by atoms with van der Waals surface area (Å²) in [6.45, 7) is 8.56. The van der Waals surface area contributed by atoms with Crippen LogP contribution in [0, 0.1) is 11.8 Å². The summed E-state index contributed by atoms with van der Waals surface area (Å²) in [7, 11) is 0. The number of rotatable bonds is 2. The molecule has 0 bridgehead atoms. The third kappa shape index (κ3) is 3.96. The molecule has 2 heterocycles. The van der Waals surface area contributed by atoms with E-state index in [1.165, 1.54) is 49.2 Å². The Morgan fingerprint density at radius 2 is 1.50 bits per heavy atom. The van der Waals surface area contributed by atoms with Crippen molar-refractivity contribution >= 4 is 28.4 Å². The van der Waals surface area contributed by atoms with E-state index in [1.54, 1.807) is 0 Å². The molecule has 0 aromatic heterocycles. The monoisotopic (exact) mass is 356 g/mol. The van der Waals surface area contributed by atoms with Crippen LogP contribution in [-0.2, 0) is 9.59 Å². The van der Waals surface area contributed by atoms with Crippen LogP contribution < -0.4 is 4.90 Å². The highest BCUT2D eigenvalue weighted by atomic mass is 16.4. The SMILES string of the molecule is CCN1CC2CN(c3ccc4ccccc4c3)CC2C1.O=C(O)C(=O)O. The molecule has 0 amide bonds. The molecule has 2 aliphatic heterocycles. The van der Waals surface area contributed by atoms with Gasteiger partial charge in [-0.05, 0) is 41.3 Å². The lowest BCUT2D eigenvalue weighted by Crippen LogP contribution is -2.28. The van der Waals surface area contributed by atoms with E-state index in [0.29, 0.717) is 0 Å². The number of aliphatic carboxylic acids is 2. The van der Waals surface area contributed by atoms with Crippen LogP contribution in [0.2, 0.25) is 0 Å². The number of likely N-dealkylation sites (tertiary alicyclic amines) is 1. The van der Waals surface area contributed by atoms with Crippen molar-refractivity contribution in [1.29, 1.82) is 0 Å². The number of carboxylic acids is 2. The van der Waals surface area contributed by atoms with Gasteiger partial charge in [0.2, 0.25) is 0 Å². The molecule has 0 spiro atoms. The molecule has 2 unspecified atom stereocenters. The highest BCUT2D eigenvalue weighted by molar-refractivity contribution is 6.27. The minimum Gasteiger partial charge on any atom is -0.473 e. The van der Waals surface area contributed by atoms with Crippen LogP contribution in [0.5, 0.6) is 0 Å². The molecule has 6 heteroatoms. The maximum atomic E-state index is 9.10. The van der Waals surface area contributed by atoms with Gasteiger partial charge in [0.25, 0.3) is 0 Å². The maximum absolute atomic E-state index is 9.10. The first-order valence-electron chi connectivity index (χ1n) is 8.90. The maximum Gasteiger partial charge on any atom is 0.414 e. The molecule has 2 aromatic carbocycles. The Morgan fingerprint density at radius 1 is 0.923 bits per heavy atom. The van der Waals surface area contributed by atoms with Crippen LogP contribution in [0.4, 0.5) is 5.69 Å². The molecule has 2 aromatic rings. The zero-order chi connectivity index (χ0) is 18.7. The van der Waals surface area contributed by atoms with E-state index < -0.39 is 11.9 Å². The van der Waals surface area contributed by atoms with Gasteiger partial charge >= 0.3 is 11.9 Å². The lowest BCUT2D eigenvalue weighted by Gasteiger charge is -2.22. The Labute approximate surface area is 152 Å². The molecule has 2 saturated heterocycles. The van der Waals surface area contributed by atoms with Crippen LogP contribution in [-0.4, -0.2) is 59.8 Å². The van der Waals surface area contributed by atoms with Gasteiger partial charge in [0, 0.05) is 31.9 Å². The Kier molecular flexibility index (Phi) is 5.42. The largest absolute Gasteiger partial charge is 0.473 e. The first-order chi connectivity index (χ1) is 12.5. The molecule has 0 saturated carbocycles. The molecule has 26 heavy (non-hydrogen) atoms. The zero-order valence-electron chi connectivity index (χ0n) is 14.8. The Hall–Kier alpha value is -2.60. The number of carbonyl (C=O) groups is 2. The van der Waals surface area contributed by atoms with Crippen LogP contribution in [0.3, 0.4) is 0 Å². The van der Waals surface area contributed by atoms with Gasteiger partial charge in [-0.1, -0.05) is 37.3 Å². The summed E-state index contributed by atoms with van der Waals surface area (Å²) in [6.07, 6.45) is 0. The quantitative estimate of drug-likeness (QED) is 0.804. The van der Waals surface area contributed by atoms with E-state index in [4.69, 9.17) is 19.8 Å². The van der Waals surface area contributed by atoms with Gasteiger partial charge in [-0.2, -0.15) is 0 Å². The molecule has 2 atom stereocenters. The van der Waals surface area contributed by atoms with Gasteiger partial charge in [0.1, 0.15) is 0 Å². The summed E-state index contributed by atoms with van der Waals surface area (Å²) in [5, 5.41) is 17.5.